The van der Waals surface area contributed by atoms with E-state index < -0.39 is 12.3 Å². The van der Waals surface area contributed by atoms with Crippen LogP contribution in [-0.2, 0) is 6.54 Å². The van der Waals surface area contributed by atoms with Gasteiger partial charge in [-0.05, 0) is 29.1 Å². The summed E-state index contributed by atoms with van der Waals surface area (Å²) >= 11 is 1.61. The zero-order chi connectivity index (χ0) is 17.2. The number of alkyl halides is 2. The first-order valence-corrected chi connectivity index (χ1v) is 8.27. The predicted molar refractivity (Wildman–Crippen MR) is 87.1 cm³/mol. The molecule has 1 aromatic carbocycles. The van der Waals surface area contributed by atoms with Gasteiger partial charge in [-0.15, -0.1) is 15.3 Å². The summed E-state index contributed by atoms with van der Waals surface area (Å²) in [5.41, 5.74) is 3.43. The topological polar surface area (TPSA) is 69.6 Å². The molecule has 0 N–H and O–H groups in total. The van der Waals surface area contributed by atoms with Crippen molar-refractivity contribution in [3.63, 3.8) is 0 Å². The second kappa shape index (κ2) is 6.52. The van der Waals surface area contributed by atoms with Crippen LogP contribution >= 0.6 is 11.3 Å². The largest absolute Gasteiger partial charge is 0.415 e. The van der Waals surface area contributed by atoms with Crippen LogP contribution in [0.4, 0.5) is 8.78 Å². The maximum absolute atomic E-state index is 12.5. The Hall–Kier alpha value is -2.94. The van der Waals surface area contributed by atoms with E-state index in [0.717, 1.165) is 16.8 Å². The van der Waals surface area contributed by atoms with Crippen molar-refractivity contribution >= 4 is 11.3 Å². The normalized spacial score (nSPS) is 11.3. The van der Waals surface area contributed by atoms with Crippen molar-refractivity contribution in [1.82, 2.24) is 25.2 Å². The van der Waals surface area contributed by atoms with Crippen molar-refractivity contribution in [2.75, 3.05) is 0 Å². The van der Waals surface area contributed by atoms with Gasteiger partial charge in [0.1, 0.15) is 5.69 Å². The summed E-state index contributed by atoms with van der Waals surface area (Å²) in [7, 11) is 0. The Morgan fingerprint density at radius 3 is 2.56 bits per heavy atom. The quantitative estimate of drug-likeness (QED) is 0.538. The van der Waals surface area contributed by atoms with Crippen LogP contribution in [0.5, 0.6) is 0 Å². The highest BCUT2D eigenvalue weighted by Gasteiger charge is 2.16. The summed E-state index contributed by atoms with van der Waals surface area (Å²) in [6.07, 6.45) is -0.895. The second-order valence-corrected chi connectivity index (χ2v) is 6.04. The minimum Gasteiger partial charge on any atom is -0.415 e. The fourth-order valence-electron chi connectivity index (χ4n) is 2.30. The number of rotatable bonds is 5. The molecular weight excluding hydrogens is 348 g/mol. The molecule has 0 aliphatic carbocycles. The van der Waals surface area contributed by atoms with E-state index >= 15 is 0 Å². The van der Waals surface area contributed by atoms with E-state index in [-0.39, 0.29) is 5.89 Å². The highest BCUT2D eigenvalue weighted by atomic mass is 32.1. The zero-order valence-electron chi connectivity index (χ0n) is 12.7. The fraction of sp³-hybridized carbons (Fsp3) is 0.125. The summed E-state index contributed by atoms with van der Waals surface area (Å²) in [5, 5.41) is 19.2. The smallest absolute Gasteiger partial charge is 0.314 e. The van der Waals surface area contributed by atoms with E-state index in [0.29, 0.717) is 12.1 Å². The highest BCUT2D eigenvalue weighted by Crippen LogP contribution is 2.24. The lowest BCUT2D eigenvalue weighted by molar-refractivity contribution is 0.116. The standard InChI is InChI=1S/C16H11F2N5OS/c17-14(18)16-21-20-15(24-16)11-3-1-10(2-4-11)7-23-8-13(19-22-23)12-5-6-25-9-12/h1-6,8-9,14H,7H2. The predicted octanol–water partition coefficient (Wildman–Crippen LogP) is 4.04. The van der Waals surface area contributed by atoms with Gasteiger partial charge in [0.25, 0.3) is 5.89 Å². The van der Waals surface area contributed by atoms with Crippen molar-refractivity contribution in [1.29, 1.82) is 0 Å². The van der Waals surface area contributed by atoms with Crippen molar-refractivity contribution in [3.8, 4) is 22.7 Å². The molecule has 0 fully saturated rings. The SMILES string of the molecule is FC(F)c1nnc(-c2ccc(Cn3cc(-c4ccsc4)nn3)cc2)o1. The molecule has 0 amide bonds. The molecule has 4 aromatic rings. The number of nitrogens with zero attached hydrogens (tertiary/aromatic N) is 5. The van der Waals surface area contributed by atoms with E-state index in [2.05, 4.69) is 20.5 Å². The maximum atomic E-state index is 12.5. The number of halogens is 2. The van der Waals surface area contributed by atoms with Gasteiger partial charge >= 0.3 is 6.43 Å². The lowest BCUT2D eigenvalue weighted by Crippen LogP contribution is -2.00. The van der Waals surface area contributed by atoms with Gasteiger partial charge in [0, 0.05) is 16.5 Å². The molecule has 9 heteroatoms. The van der Waals surface area contributed by atoms with E-state index in [1.54, 1.807) is 28.2 Å². The summed E-state index contributed by atoms with van der Waals surface area (Å²) < 4.78 is 31.7. The van der Waals surface area contributed by atoms with Crippen molar-refractivity contribution < 1.29 is 13.2 Å². The number of thiophene rings is 1. The summed E-state index contributed by atoms with van der Waals surface area (Å²) in [5.74, 6) is -0.606. The molecule has 6 nitrogen and oxygen atoms in total. The Balaban J connectivity index is 1.48. The third kappa shape index (κ3) is 3.31. The second-order valence-electron chi connectivity index (χ2n) is 5.26. The van der Waals surface area contributed by atoms with Gasteiger partial charge in [0.05, 0.1) is 12.7 Å². The molecule has 25 heavy (non-hydrogen) atoms. The average Bonchev–Trinajstić information content (AvgIpc) is 3.36. The van der Waals surface area contributed by atoms with E-state index in [1.165, 1.54) is 0 Å². The minimum absolute atomic E-state index is 0.0716. The Morgan fingerprint density at radius 1 is 1.04 bits per heavy atom. The van der Waals surface area contributed by atoms with Gasteiger partial charge in [-0.1, -0.05) is 17.3 Å². The Kier molecular flexibility index (Phi) is 4.06. The molecule has 4 rings (SSSR count). The van der Waals surface area contributed by atoms with Gasteiger partial charge in [-0.25, -0.2) is 4.68 Å². The van der Waals surface area contributed by atoms with Crippen LogP contribution in [0, 0.1) is 0 Å². The molecule has 0 radical (unpaired) electrons. The molecule has 0 aliphatic heterocycles. The third-order valence-electron chi connectivity index (χ3n) is 3.53. The first-order valence-electron chi connectivity index (χ1n) is 7.32. The van der Waals surface area contributed by atoms with Gasteiger partial charge in [-0.3, -0.25) is 0 Å². The van der Waals surface area contributed by atoms with Crippen LogP contribution < -0.4 is 0 Å². The number of aromatic nitrogens is 5. The molecule has 0 saturated carbocycles. The Morgan fingerprint density at radius 2 is 1.88 bits per heavy atom. The van der Waals surface area contributed by atoms with Crippen molar-refractivity contribution in [3.05, 3.63) is 58.7 Å². The summed E-state index contributed by atoms with van der Waals surface area (Å²) in [6, 6.07) is 9.19. The lowest BCUT2D eigenvalue weighted by Gasteiger charge is -2.01. The first-order chi connectivity index (χ1) is 12.2. The van der Waals surface area contributed by atoms with E-state index in [1.807, 2.05) is 35.2 Å². The average molecular weight is 359 g/mol. The van der Waals surface area contributed by atoms with Gasteiger partial charge in [-0.2, -0.15) is 20.1 Å². The molecule has 0 spiro atoms. The van der Waals surface area contributed by atoms with Gasteiger partial charge < -0.3 is 4.42 Å². The first kappa shape index (κ1) is 15.6. The molecule has 3 aromatic heterocycles. The minimum atomic E-state index is -2.77. The molecule has 0 saturated heterocycles. The number of hydrogen-bond acceptors (Lipinski definition) is 6. The molecule has 0 aliphatic rings. The number of benzene rings is 1. The summed E-state index contributed by atoms with van der Waals surface area (Å²) in [6.45, 7) is 0.545. The molecule has 3 heterocycles. The molecule has 0 unspecified atom stereocenters. The Labute approximate surface area is 144 Å². The van der Waals surface area contributed by atoms with E-state index in [9.17, 15) is 8.78 Å². The highest BCUT2D eigenvalue weighted by molar-refractivity contribution is 7.08. The van der Waals surface area contributed by atoms with Crippen LogP contribution in [0.15, 0.2) is 51.7 Å². The van der Waals surface area contributed by atoms with Crippen LogP contribution in [0.2, 0.25) is 0 Å². The molecular formula is C16H11F2N5OS. The molecule has 126 valence electrons. The van der Waals surface area contributed by atoms with Gasteiger partial charge in [0.15, 0.2) is 0 Å². The summed E-state index contributed by atoms with van der Waals surface area (Å²) in [4.78, 5) is 0. The Bertz CT molecular complexity index is 963. The lowest BCUT2D eigenvalue weighted by atomic mass is 10.1. The van der Waals surface area contributed by atoms with Gasteiger partial charge in [0.2, 0.25) is 5.89 Å². The monoisotopic (exact) mass is 359 g/mol. The fourth-order valence-corrected chi connectivity index (χ4v) is 2.95. The van der Waals surface area contributed by atoms with Crippen molar-refractivity contribution in [2.45, 2.75) is 13.0 Å². The van der Waals surface area contributed by atoms with Crippen LogP contribution in [-0.4, -0.2) is 25.2 Å². The van der Waals surface area contributed by atoms with Crippen LogP contribution in [0.1, 0.15) is 17.9 Å². The molecule has 0 bridgehead atoms. The number of hydrogen-bond donors (Lipinski definition) is 0. The third-order valence-corrected chi connectivity index (χ3v) is 4.21. The van der Waals surface area contributed by atoms with Crippen molar-refractivity contribution in [2.24, 2.45) is 0 Å². The maximum Gasteiger partial charge on any atom is 0.314 e. The van der Waals surface area contributed by atoms with Crippen LogP contribution in [0.3, 0.4) is 0 Å². The zero-order valence-corrected chi connectivity index (χ0v) is 13.5. The van der Waals surface area contributed by atoms with E-state index in [4.69, 9.17) is 4.42 Å². The molecule has 0 atom stereocenters. The van der Waals surface area contributed by atoms with Crippen LogP contribution in [0.25, 0.3) is 22.7 Å².